The molecule has 0 aliphatic heterocycles. The molecular formula is C22H29N5O2. The number of hydrogen-bond acceptors (Lipinski definition) is 5. The average molecular weight is 396 g/mol. The zero-order chi connectivity index (χ0) is 21.5. The van der Waals surface area contributed by atoms with Gasteiger partial charge in [0.05, 0.1) is 18.2 Å². The predicted molar refractivity (Wildman–Crippen MR) is 117 cm³/mol. The van der Waals surface area contributed by atoms with E-state index < -0.39 is 0 Å². The molecule has 3 aromatic rings. The number of ether oxygens (including phenoxy) is 1. The van der Waals surface area contributed by atoms with Gasteiger partial charge < -0.3 is 9.64 Å². The molecule has 0 saturated heterocycles. The van der Waals surface area contributed by atoms with Crippen LogP contribution >= 0.6 is 0 Å². The average Bonchev–Trinajstić information content (AvgIpc) is 2.97. The third-order valence-corrected chi connectivity index (χ3v) is 4.93. The summed E-state index contributed by atoms with van der Waals surface area (Å²) in [5, 5.41) is 4.10. The molecule has 0 aliphatic rings. The molecule has 0 fully saturated rings. The Bertz CT molecular complexity index is 1220. The van der Waals surface area contributed by atoms with Crippen LogP contribution in [0, 0.1) is 0 Å². The van der Waals surface area contributed by atoms with Crippen LogP contribution in [0.25, 0.3) is 12.2 Å². The van der Waals surface area contributed by atoms with Gasteiger partial charge in [-0.2, -0.15) is 4.52 Å². The summed E-state index contributed by atoms with van der Waals surface area (Å²) in [7, 11) is 5.55. The van der Waals surface area contributed by atoms with Crippen molar-refractivity contribution in [1.29, 1.82) is 0 Å². The van der Waals surface area contributed by atoms with E-state index in [0.29, 0.717) is 27.8 Å². The Labute approximate surface area is 170 Å². The number of methoxy groups -OCH3 is 1. The van der Waals surface area contributed by atoms with E-state index in [2.05, 4.69) is 11.7 Å². The molecule has 0 amide bonds. The van der Waals surface area contributed by atoms with Crippen molar-refractivity contribution in [3.05, 3.63) is 50.5 Å². The number of H-pyrrole nitrogens is 1. The number of benzene rings is 1. The van der Waals surface area contributed by atoms with Crippen LogP contribution in [0.4, 0.5) is 11.4 Å². The summed E-state index contributed by atoms with van der Waals surface area (Å²) in [6.45, 7) is 12.1. The van der Waals surface area contributed by atoms with E-state index >= 15 is 0 Å². The van der Waals surface area contributed by atoms with E-state index in [1.807, 2.05) is 64.9 Å². The van der Waals surface area contributed by atoms with Gasteiger partial charge in [0.25, 0.3) is 5.56 Å². The van der Waals surface area contributed by atoms with Gasteiger partial charge in [-0.1, -0.05) is 34.3 Å². The quantitative estimate of drug-likeness (QED) is 0.721. The van der Waals surface area contributed by atoms with E-state index in [1.54, 1.807) is 7.11 Å². The first-order chi connectivity index (χ1) is 13.6. The minimum Gasteiger partial charge on any atom is -0.494 e. The number of aromatic amines is 1. The Morgan fingerprint density at radius 1 is 1.21 bits per heavy atom. The Morgan fingerprint density at radius 2 is 1.90 bits per heavy atom. The first-order valence-corrected chi connectivity index (χ1v) is 9.73. The summed E-state index contributed by atoms with van der Waals surface area (Å²) >= 11 is 0. The summed E-state index contributed by atoms with van der Waals surface area (Å²) in [6, 6.07) is 5.78. The van der Waals surface area contributed by atoms with Gasteiger partial charge in [0, 0.05) is 31.4 Å². The van der Waals surface area contributed by atoms with E-state index in [4.69, 9.17) is 14.7 Å². The number of rotatable bonds is 5. The van der Waals surface area contributed by atoms with Crippen LogP contribution in [0.3, 0.4) is 0 Å². The van der Waals surface area contributed by atoms with Gasteiger partial charge in [0.1, 0.15) is 16.8 Å². The molecule has 29 heavy (non-hydrogen) atoms. The molecule has 3 rings (SSSR count). The number of hydrogen-bond donors (Lipinski definition) is 1. The van der Waals surface area contributed by atoms with Gasteiger partial charge in [0.2, 0.25) is 0 Å². The first-order valence-electron chi connectivity index (χ1n) is 9.73. The molecule has 154 valence electrons. The molecule has 0 radical (unpaired) electrons. The molecular weight excluding hydrogens is 366 g/mol. The molecule has 7 heteroatoms. The Kier molecular flexibility index (Phi) is 5.50. The van der Waals surface area contributed by atoms with Gasteiger partial charge in [-0.05, 0) is 24.0 Å². The topological polar surface area (TPSA) is 75.0 Å². The highest BCUT2D eigenvalue weighted by Gasteiger charge is 2.20. The van der Waals surface area contributed by atoms with Crippen molar-refractivity contribution in [2.45, 2.75) is 39.5 Å². The SMILES string of the molecule is C=c1[nH]n2c(=O)c(C(C)C)c(C(C)C)nc2c1=Nc1ccc(N(C)C)cc1OC. The molecule has 2 aromatic heterocycles. The number of fused-ring (bicyclic) bond motifs is 1. The third kappa shape index (κ3) is 3.64. The Hall–Kier alpha value is -3.09. The van der Waals surface area contributed by atoms with Crippen molar-refractivity contribution in [3.8, 4) is 5.75 Å². The molecule has 1 N–H and O–H groups in total. The lowest BCUT2D eigenvalue weighted by Gasteiger charge is -2.14. The van der Waals surface area contributed by atoms with E-state index in [1.165, 1.54) is 4.52 Å². The molecule has 0 atom stereocenters. The molecule has 0 aliphatic carbocycles. The van der Waals surface area contributed by atoms with Crippen LogP contribution in [-0.2, 0) is 0 Å². The fraction of sp³-hybridized carbons (Fsp3) is 0.409. The number of anilines is 1. The van der Waals surface area contributed by atoms with Crippen molar-refractivity contribution in [2.75, 3.05) is 26.1 Å². The number of nitrogens with one attached hydrogen (secondary N) is 1. The summed E-state index contributed by atoms with van der Waals surface area (Å²) in [4.78, 5) is 24.7. The summed E-state index contributed by atoms with van der Waals surface area (Å²) in [5.74, 6) is 0.829. The molecule has 2 heterocycles. The fourth-order valence-electron chi connectivity index (χ4n) is 3.39. The van der Waals surface area contributed by atoms with Crippen molar-refractivity contribution in [3.63, 3.8) is 0 Å². The summed E-state index contributed by atoms with van der Waals surface area (Å²) in [6.07, 6.45) is 0. The van der Waals surface area contributed by atoms with Crippen molar-refractivity contribution < 1.29 is 4.74 Å². The molecule has 0 bridgehead atoms. The predicted octanol–water partition coefficient (Wildman–Crippen LogP) is 2.71. The zero-order valence-corrected chi connectivity index (χ0v) is 18.2. The monoisotopic (exact) mass is 395 g/mol. The van der Waals surface area contributed by atoms with Crippen LogP contribution in [0.5, 0.6) is 5.75 Å². The maximum absolute atomic E-state index is 13.1. The van der Waals surface area contributed by atoms with Crippen molar-refractivity contribution in [2.24, 2.45) is 4.99 Å². The highest BCUT2D eigenvalue weighted by molar-refractivity contribution is 5.62. The van der Waals surface area contributed by atoms with Crippen LogP contribution in [0.2, 0.25) is 0 Å². The van der Waals surface area contributed by atoms with E-state index in [9.17, 15) is 4.79 Å². The molecule has 0 spiro atoms. The van der Waals surface area contributed by atoms with E-state index in [-0.39, 0.29) is 17.4 Å². The number of nitrogens with zero attached hydrogens (tertiary/aromatic N) is 4. The zero-order valence-electron chi connectivity index (χ0n) is 18.2. The lowest BCUT2D eigenvalue weighted by atomic mass is 9.96. The minimum absolute atomic E-state index is 0.0694. The van der Waals surface area contributed by atoms with Crippen molar-refractivity contribution >= 4 is 23.6 Å². The molecule has 0 saturated carbocycles. The van der Waals surface area contributed by atoms with Crippen LogP contribution in [0.15, 0.2) is 28.0 Å². The normalized spacial score (nSPS) is 12.4. The Morgan fingerprint density at radius 3 is 2.45 bits per heavy atom. The van der Waals surface area contributed by atoms with E-state index in [0.717, 1.165) is 16.9 Å². The maximum atomic E-state index is 13.1. The van der Waals surface area contributed by atoms with Gasteiger partial charge in [0.15, 0.2) is 5.65 Å². The van der Waals surface area contributed by atoms with Gasteiger partial charge in [-0.3, -0.25) is 9.89 Å². The molecule has 7 nitrogen and oxygen atoms in total. The lowest BCUT2D eigenvalue weighted by Crippen LogP contribution is -2.25. The van der Waals surface area contributed by atoms with Crippen LogP contribution in [-0.4, -0.2) is 35.8 Å². The van der Waals surface area contributed by atoms with Gasteiger partial charge in [-0.25, -0.2) is 9.98 Å². The van der Waals surface area contributed by atoms with Crippen molar-refractivity contribution in [1.82, 2.24) is 14.6 Å². The maximum Gasteiger partial charge on any atom is 0.276 e. The smallest absolute Gasteiger partial charge is 0.276 e. The largest absolute Gasteiger partial charge is 0.494 e. The second-order valence-electron chi connectivity index (χ2n) is 7.99. The fourth-order valence-corrected chi connectivity index (χ4v) is 3.39. The minimum atomic E-state index is -0.102. The summed E-state index contributed by atoms with van der Waals surface area (Å²) in [5.41, 5.74) is 3.56. The second kappa shape index (κ2) is 7.73. The second-order valence-corrected chi connectivity index (χ2v) is 7.99. The standard InChI is InChI=1S/C22H29N5O2/c1-12(2)18-19(13(3)4)24-21-20(14(5)25-27(21)22(18)28)23-16-10-9-15(26(6)7)11-17(16)29-8/h9-13,25H,5H2,1-4,6-8H3. The van der Waals surface area contributed by atoms with Crippen LogP contribution < -0.4 is 25.9 Å². The highest BCUT2D eigenvalue weighted by atomic mass is 16.5. The van der Waals surface area contributed by atoms with Gasteiger partial charge >= 0.3 is 0 Å². The highest BCUT2D eigenvalue weighted by Crippen LogP contribution is 2.31. The van der Waals surface area contributed by atoms with Crippen LogP contribution in [0.1, 0.15) is 50.8 Å². The summed E-state index contributed by atoms with van der Waals surface area (Å²) < 4.78 is 6.98. The Balaban J connectivity index is 2.36. The third-order valence-electron chi connectivity index (χ3n) is 4.93. The lowest BCUT2D eigenvalue weighted by molar-refractivity contribution is 0.416. The molecule has 1 aromatic carbocycles. The van der Waals surface area contributed by atoms with Gasteiger partial charge in [-0.15, -0.1) is 0 Å². The first kappa shape index (κ1) is 20.6. The number of aromatic nitrogens is 3. The molecule has 0 unspecified atom stereocenters.